The molecule has 0 fully saturated rings. The van der Waals surface area contributed by atoms with Crippen molar-refractivity contribution in [3.63, 3.8) is 0 Å². The molecule has 0 atom stereocenters. The molecule has 2 heterocycles. The zero-order chi connectivity index (χ0) is 20.5. The van der Waals surface area contributed by atoms with E-state index >= 15 is 0 Å². The van der Waals surface area contributed by atoms with Gasteiger partial charge < -0.3 is 4.74 Å². The van der Waals surface area contributed by atoms with Crippen molar-refractivity contribution in [2.24, 2.45) is 0 Å². The van der Waals surface area contributed by atoms with Crippen molar-refractivity contribution < 1.29 is 21.9 Å². The number of halogens is 3. The highest BCUT2D eigenvalue weighted by Crippen LogP contribution is 2.21. The molecule has 0 aliphatic rings. The largest absolute Gasteiger partial charge is 0.475 e. The Kier molecular flexibility index (Phi) is 5.42. The molecular weight excluding hydrogens is 418 g/mol. The molecule has 0 spiro atoms. The van der Waals surface area contributed by atoms with Crippen molar-refractivity contribution in [3.8, 4) is 11.8 Å². The van der Waals surface area contributed by atoms with Crippen molar-refractivity contribution in [2.45, 2.75) is 25.1 Å². The van der Waals surface area contributed by atoms with Crippen molar-refractivity contribution in [1.82, 2.24) is 24.7 Å². The van der Waals surface area contributed by atoms with Crippen molar-refractivity contribution in [1.29, 1.82) is 0 Å². The Bertz CT molecular complexity index is 1100. The molecule has 148 valence electrons. The van der Waals surface area contributed by atoms with Crippen LogP contribution in [0.15, 0.2) is 35.7 Å². The van der Waals surface area contributed by atoms with Gasteiger partial charge in [0.15, 0.2) is 0 Å². The number of hydrogen-bond donors (Lipinski definition) is 1. The zero-order valence-electron chi connectivity index (χ0n) is 14.5. The summed E-state index contributed by atoms with van der Waals surface area (Å²) in [4.78, 5) is 11.6. The summed E-state index contributed by atoms with van der Waals surface area (Å²) >= 11 is 5.92. The van der Waals surface area contributed by atoms with E-state index in [1.54, 1.807) is 18.6 Å². The Morgan fingerprint density at radius 1 is 1.21 bits per heavy atom. The fraction of sp³-hybridized carbons (Fsp3) is 0.200. The van der Waals surface area contributed by atoms with Gasteiger partial charge in [-0.15, -0.1) is 5.10 Å². The van der Waals surface area contributed by atoms with Gasteiger partial charge in [0.25, 0.3) is 21.1 Å². The SMILES string of the molecule is CC(C)Oc1cc(Cl)nc(-n2cnc(S(=O)(=O)Nc3c(F)cccc3F)n2)n1. The van der Waals surface area contributed by atoms with E-state index in [-0.39, 0.29) is 23.1 Å². The fourth-order valence-electron chi connectivity index (χ4n) is 2.03. The lowest BCUT2D eigenvalue weighted by Gasteiger charge is -2.09. The van der Waals surface area contributed by atoms with Gasteiger partial charge in [0.1, 0.15) is 28.8 Å². The summed E-state index contributed by atoms with van der Waals surface area (Å²) in [7, 11) is -4.48. The average Bonchev–Trinajstić information content (AvgIpc) is 3.08. The van der Waals surface area contributed by atoms with Gasteiger partial charge in [-0.25, -0.2) is 13.8 Å². The van der Waals surface area contributed by atoms with Crippen molar-refractivity contribution >= 4 is 27.3 Å². The summed E-state index contributed by atoms with van der Waals surface area (Å²) in [5.74, 6) is -2.13. The maximum atomic E-state index is 13.7. The van der Waals surface area contributed by atoms with E-state index in [1.807, 2.05) is 0 Å². The molecule has 0 amide bonds. The lowest BCUT2D eigenvalue weighted by atomic mass is 10.3. The van der Waals surface area contributed by atoms with Crippen LogP contribution < -0.4 is 9.46 Å². The highest BCUT2D eigenvalue weighted by Gasteiger charge is 2.24. The molecule has 0 bridgehead atoms. The quantitative estimate of drug-likeness (QED) is 0.598. The number of nitrogens with zero attached hydrogens (tertiary/aromatic N) is 5. The van der Waals surface area contributed by atoms with Crippen LogP contribution in [-0.4, -0.2) is 39.3 Å². The van der Waals surface area contributed by atoms with E-state index in [4.69, 9.17) is 16.3 Å². The van der Waals surface area contributed by atoms with Crippen LogP contribution >= 0.6 is 11.6 Å². The minimum Gasteiger partial charge on any atom is -0.475 e. The van der Waals surface area contributed by atoms with E-state index in [0.717, 1.165) is 29.2 Å². The van der Waals surface area contributed by atoms with Crippen molar-refractivity contribution in [2.75, 3.05) is 4.72 Å². The molecule has 0 unspecified atom stereocenters. The molecule has 0 radical (unpaired) electrons. The second kappa shape index (κ2) is 7.64. The molecule has 13 heteroatoms. The van der Waals surface area contributed by atoms with Crippen LogP contribution in [0.5, 0.6) is 5.88 Å². The number of aromatic nitrogens is 5. The number of benzene rings is 1. The Labute approximate surface area is 163 Å². The van der Waals surface area contributed by atoms with Crippen LogP contribution in [0.1, 0.15) is 13.8 Å². The van der Waals surface area contributed by atoms with E-state index in [9.17, 15) is 17.2 Å². The second-order valence-corrected chi connectivity index (χ2v) is 7.63. The first-order chi connectivity index (χ1) is 13.2. The molecule has 0 saturated carbocycles. The number of hydrogen-bond acceptors (Lipinski definition) is 7. The van der Waals surface area contributed by atoms with Crippen LogP contribution in [0.25, 0.3) is 5.95 Å². The number of anilines is 1. The third-order valence-corrected chi connectivity index (χ3v) is 4.47. The molecule has 0 saturated heterocycles. The lowest BCUT2D eigenvalue weighted by molar-refractivity contribution is 0.232. The molecule has 1 N–H and O–H groups in total. The standard InChI is InChI=1S/C15H13ClF2N6O3S/c1-8(2)27-12-6-11(16)20-14(21-12)24-7-19-15(22-24)28(25,26)23-13-9(17)4-3-5-10(13)18/h3-8,23H,1-2H3. The third kappa shape index (κ3) is 4.34. The maximum Gasteiger partial charge on any atom is 0.299 e. The number of ether oxygens (including phenoxy) is 1. The summed E-state index contributed by atoms with van der Waals surface area (Å²) in [5.41, 5.74) is -0.842. The molecule has 3 aromatic rings. The smallest absolute Gasteiger partial charge is 0.299 e. The Hall–Kier alpha value is -2.86. The number of para-hydroxylation sites is 1. The van der Waals surface area contributed by atoms with Crippen LogP contribution in [-0.2, 0) is 10.0 Å². The van der Waals surface area contributed by atoms with Gasteiger partial charge in [0.05, 0.1) is 6.10 Å². The summed E-state index contributed by atoms with van der Waals surface area (Å²) in [5, 5.41) is 3.03. The van der Waals surface area contributed by atoms with Gasteiger partial charge in [0.2, 0.25) is 5.88 Å². The molecular formula is C15H13ClF2N6O3S. The number of nitrogens with one attached hydrogen (secondary N) is 1. The third-order valence-electron chi connectivity index (χ3n) is 3.13. The second-order valence-electron chi connectivity index (χ2n) is 5.67. The predicted molar refractivity (Wildman–Crippen MR) is 94.9 cm³/mol. The van der Waals surface area contributed by atoms with Gasteiger partial charge in [0, 0.05) is 6.07 Å². The van der Waals surface area contributed by atoms with E-state index in [0.29, 0.717) is 0 Å². The zero-order valence-corrected chi connectivity index (χ0v) is 16.0. The van der Waals surface area contributed by atoms with E-state index < -0.39 is 32.5 Å². The average molecular weight is 431 g/mol. The monoisotopic (exact) mass is 430 g/mol. The lowest BCUT2D eigenvalue weighted by Crippen LogP contribution is -2.17. The first-order valence-corrected chi connectivity index (χ1v) is 9.62. The topological polar surface area (TPSA) is 112 Å². The van der Waals surface area contributed by atoms with Crippen LogP contribution in [0.4, 0.5) is 14.5 Å². The maximum absolute atomic E-state index is 13.7. The van der Waals surface area contributed by atoms with Crippen LogP contribution in [0, 0.1) is 11.6 Å². The predicted octanol–water partition coefficient (Wildman–Crippen LogP) is 2.58. The Morgan fingerprint density at radius 3 is 2.54 bits per heavy atom. The Morgan fingerprint density at radius 2 is 1.89 bits per heavy atom. The minimum absolute atomic E-state index is 0.0344. The van der Waals surface area contributed by atoms with Crippen molar-refractivity contribution in [3.05, 3.63) is 47.4 Å². The van der Waals surface area contributed by atoms with Gasteiger partial charge in [-0.3, -0.25) is 4.72 Å². The number of sulfonamides is 1. The van der Waals surface area contributed by atoms with E-state index in [2.05, 4.69) is 20.1 Å². The molecule has 9 nitrogen and oxygen atoms in total. The minimum atomic E-state index is -4.48. The van der Waals surface area contributed by atoms with Gasteiger partial charge in [-0.05, 0) is 26.0 Å². The summed E-state index contributed by atoms with van der Waals surface area (Å²) in [6.45, 7) is 3.56. The summed E-state index contributed by atoms with van der Waals surface area (Å²) in [6, 6.07) is 4.29. The first-order valence-electron chi connectivity index (χ1n) is 7.76. The highest BCUT2D eigenvalue weighted by atomic mass is 35.5. The molecule has 0 aliphatic heterocycles. The number of rotatable bonds is 6. The molecule has 28 heavy (non-hydrogen) atoms. The van der Waals surface area contributed by atoms with Crippen LogP contribution in [0.3, 0.4) is 0 Å². The van der Waals surface area contributed by atoms with Gasteiger partial charge in [-0.2, -0.15) is 23.1 Å². The normalized spacial score (nSPS) is 11.6. The summed E-state index contributed by atoms with van der Waals surface area (Å²) in [6.07, 6.45) is 0.822. The van der Waals surface area contributed by atoms with Crippen LogP contribution in [0.2, 0.25) is 5.15 Å². The molecule has 0 aliphatic carbocycles. The first kappa shape index (κ1) is 19.9. The van der Waals surface area contributed by atoms with Gasteiger partial charge >= 0.3 is 0 Å². The fourth-order valence-corrected chi connectivity index (χ4v) is 3.14. The summed E-state index contributed by atoms with van der Waals surface area (Å²) < 4.78 is 60.2. The Balaban J connectivity index is 1.92. The van der Waals surface area contributed by atoms with E-state index in [1.165, 1.54) is 6.07 Å². The molecule has 3 rings (SSSR count). The highest BCUT2D eigenvalue weighted by molar-refractivity contribution is 7.92. The molecule has 1 aromatic carbocycles. The van der Waals surface area contributed by atoms with Gasteiger partial charge in [-0.1, -0.05) is 17.7 Å². The molecule has 2 aromatic heterocycles.